The van der Waals surface area contributed by atoms with Crippen molar-refractivity contribution in [1.82, 2.24) is 0 Å². The zero-order valence-electron chi connectivity index (χ0n) is 5.70. The van der Waals surface area contributed by atoms with Gasteiger partial charge in [-0.3, -0.25) is 0 Å². The van der Waals surface area contributed by atoms with Gasteiger partial charge < -0.3 is 16.2 Å². The standard InChI is InChI=1S/3CNS.3FH.Ti/c3*2-1-3;;;;/h;;;3*1H;/q3*-1;;;;+4/p-3. The molecule has 0 radical (unpaired) electrons. The topological polar surface area (TPSA) is 66.9 Å². The summed E-state index contributed by atoms with van der Waals surface area (Å²) in [6.07, 6.45) is 0. The average molecular weight is 279 g/mol. The number of hydrogen-bond donors (Lipinski definition) is 0. The van der Waals surface area contributed by atoms with Crippen LogP contribution < -0.4 is 0 Å². The van der Waals surface area contributed by atoms with Crippen LogP contribution in [0.25, 0.3) is 16.2 Å². The number of isothiocyanates is 3. The van der Waals surface area contributed by atoms with Gasteiger partial charge in [-0.05, 0) is 0 Å². The average Bonchev–Trinajstić information content (AvgIpc) is 1.88. The number of thiocarbonyl (C=S) groups is 3. The van der Waals surface area contributed by atoms with Gasteiger partial charge in [0.2, 0.25) is 0 Å². The maximum atomic E-state index is 9.83. The van der Waals surface area contributed by atoms with Crippen molar-refractivity contribution in [3.8, 4) is 0 Å². The first-order valence-electron chi connectivity index (χ1n) is 1.85. The molecule has 0 atom stereocenters. The van der Waals surface area contributed by atoms with Crippen molar-refractivity contribution in [2.45, 2.75) is 0 Å². The molecule has 0 saturated heterocycles. The zero-order valence-corrected chi connectivity index (χ0v) is 9.71. The van der Waals surface area contributed by atoms with Gasteiger partial charge in [-0.2, -0.15) is 15.5 Å². The van der Waals surface area contributed by atoms with Gasteiger partial charge in [-0.25, -0.2) is 0 Å². The molecule has 13 heavy (non-hydrogen) atoms. The summed E-state index contributed by atoms with van der Waals surface area (Å²) in [5, 5.41) is 25.4. The van der Waals surface area contributed by atoms with Crippen molar-refractivity contribution in [1.29, 1.82) is 0 Å². The van der Waals surface area contributed by atoms with Crippen molar-refractivity contribution in [2.75, 3.05) is 0 Å². The molecule has 0 aromatic rings. The van der Waals surface area contributed by atoms with E-state index in [1.165, 1.54) is 15.5 Å². The SMILES string of the molecule is [F][Ti+]([F])[F].[N-]=C=S.[N-]=C=S.[N-]=C=S. The molecule has 0 rings (SSSR count). The molecule has 0 aliphatic carbocycles. The van der Waals surface area contributed by atoms with Gasteiger partial charge in [0.25, 0.3) is 0 Å². The van der Waals surface area contributed by atoms with E-state index in [1.807, 2.05) is 0 Å². The Morgan fingerprint density at radius 3 is 0.769 bits per heavy atom. The van der Waals surface area contributed by atoms with Gasteiger partial charge in [0.15, 0.2) is 0 Å². The normalized spacial score (nSPS) is 3.92. The van der Waals surface area contributed by atoms with Crippen LogP contribution >= 0.6 is 36.7 Å². The fourth-order valence-electron chi connectivity index (χ4n) is 0. The molecule has 3 nitrogen and oxygen atoms in total. The Labute approximate surface area is 96.7 Å². The van der Waals surface area contributed by atoms with Crippen molar-refractivity contribution in [3.63, 3.8) is 0 Å². The quantitative estimate of drug-likeness (QED) is 0.388. The number of rotatable bonds is 0. The number of halogens is 3. The Kier molecular flexibility index (Phi) is 72.0. The molecule has 0 bridgehead atoms. The van der Waals surface area contributed by atoms with Crippen LogP contribution in [0.1, 0.15) is 0 Å². The minimum atomic E-state index is -4.83. The van der Waals surface area contributed by atoms with Gasteiger partial charge in [0, 0.05) is 0 Å². The van der Waals surface area contributed by atoms with E-state index < -0.39 is 19.5 Å². The molecule has 0 aliphatic heterocycles. The van der Waals surface area contributed by atoms with E-state index in [1.54, 1.807) is 0 Å². The third-order valence-electron chi connectivity index (χ3n) is 0. The second-order valence-electron chi connectivity index (χ2n) is 0.488. The van der Waals surface area contributed by atoms with E-state index in [9.17, 15) is 9.28 Å². The van der Waals surface area contributed by atoms with Crippen molar-refractivity contribution in [2.24, 2.45) is 0 Å². The Morgan fingerprint density at radius 2 is 0.769 bits per heavy atom. The molecule has 10 heteroatoms. The first-order valence-corrected chi connectivity index (χ1v) is 4.85. The molecule has 72 valence electrons. The maximum Gasteiger partial charge on any atom is -0.0548 e. The first kappa shape index (κ1) is 23.1. The molecular formula is C3F3N3S3Ti-2. The molecule has 0 aliphatic rings. The molecule has 0 heterocycles. The predicted octanol–water partition coefficient (Wildman–Crippen LogP) is 3.23. The summed E-state index contributed by atoms with van der Waals surface area (Å²) in [7, 11) is 0. The summed E-state index contributed by atoms with van der Waals surface area (Å²) in [6, 6.07) is 0. The van der Waals surface area contributed by atoms with Gasteiger partial charge >= 0.3 is 28.8 Å². The number of nitrogens with zero attached hydrogens (tertiary/aromatic N) is 3. The Hall–Kier alpha value is -0.0957. The summed E-state index contributed by atoms with van der Waals surface area (Å²) >= 11 is 6.26. The van der Waals surface area contributed by atoms with Gasteiger partial charge in [0.05, 0.1) is 0 Å². The summed E-state index contributed by atoms with van der Waals surface area (Å²) in [5.74, 6) is 0. The van der Waals surface area contributed by atoms with Crippen LogP contribution in [0.3, 0.4) is 0 Å². The number of hydrogen-bond acceptors (Lipinski definition) is 3. The predicted molar refractivity (Wildman–Crippen MR) is 51.2 cm³/mol. The minimum absolute atomic E-state index is 1.33. The fourth-order valence-corrected chi connectivity index (χ4v) is 0. The first-order chi connectivity index (χ1) is 5.97. The van der Waals surface area contributed by atoms with E-state index in [0.29, 0.717) is 0 Å². The van der Waals surface area contributed by atoms with E-state index in [-0.39, 0.29) is 0 Å². The molecule has 0 spiro atoms. The van der Waals surface area contributed by atoms with E-state index in [0.717, 1.165) is 0 Å². The monoisotopic (exact) mass is 279 g/mol. The van der Waals surface area contributed by atoms with Gasteiger partial charge in [-0.1, -0.05) is 36.7 Å². The zero-order chi connectivity index (χ0) is 11.7. The smallest absolute Gasteiger partial charge is 0.0548 e. The Morgan fingerprint density at radius 1 is 0.769 bits per heavy atom. The van der Waals surface area contributed by atoms with Gasteiger partial charge in [0.1, 0.15) is 0 Å². The summed E-state index contributed by atoms with van der Waals surface area (Å²) in [5.41, 5.74) is 0. The molecule has 0 unspecified atom stereocenters. The van der Waals surface area contributed by atoms with E-state index in [2.05, 4.69) is 36.7 Å². The Balaban J connectivity index is -0.0000000420. The molecular weight excluding hydrogens is 279 g/mol. The second-order valence-corrected chi connectivity index (χ2v) is 1.71. The van der Waals surface area contributed by atoms with Crippen LogP contribution in [-0.4, -0.2) is 15.5 Å². The second kappa shape index (κ2) is 40.6. The Bertz CT molecular complexity index is 150. The van der Waals surface area contributed by atoms with Crippen molar-refractivity contribution >= 4 is 52.1 Å². The van der Waals surface area contributed by atoms with E-state index in [4.69, 9.17) is 16.2 Å². The summed E-state index contributed by atoms with van der Waals surface area (Å²) < 4.78 is 29.5. The molecule has 0 N–H and O–H groups in total. The minimum Gasteiger partial charge on any atom is -0.753 e. The van der Waals surface area contributed by atoms with Crippen LogP contribution in [0, 0.1) is 0 Å². The van der Waals surface area contributed by atoms with Crippen LogP contribution in [0.15, 0.2) is 0 Å². The van der Waals surface area contributed by atoms with Crippen molar-refractivity contribution < 1.29 is 28.8 Å². The fraction of sp³-hybridized carbons (Fsp3) is 0. The maximum absolute atomic E-state index is 9.83. The van der Waals surface area contributed by atoms with Crippen LogP contribution in [-0.2, 0) is 19.5 Å². The third kappa shape index (κ3) is 127000. The van der Waals surface area contributed by atoms with Crippen LogP contribution in [0.2, 0.25) is 0 Å². The molecule has 0 amide bonds. The van der Waals surface area contributed by atoms with Crippen LogP contribution in [0.4, 0.5) is 9.28 Å². The van der Waals surface area contributed by atoms with Crippen LogP contribution in [0.5, 0.6) is 0 Å². The van der Waals surface area contributed by atoms with E-state index >= 15 is 0 Å². The largest absolute Gasteiger partial charge is 0.753 e. The molecule has 0 fully saturated rings. The third-order valence-corrected chi connectivity index (χ3v) is 0. The summed E-state index contributed by atoms with van der Waals surface area (Å²) in [4.78, 5) is 0. The molecule has 0 aromatic heterocycles. The van der Waals surface area contributed by atoms with Crippen molar-refractivity contribution in [3.05, 3.63) is 16.2 Å². The van der Waals surface area contributed by atoms with Gasteiger partial charge in [-0.15, -0.1) is 0 Å². The molecule has 0 saturated carbocycles. The molecule has 0 aromatic carbocycles. The summed E-state index contributed by atoms with van der Waals surface area (Å²) in [6.45, 7) is 0.